The van der Waals surface area contributed by atoms with Gasteiger partial charge in [-0.3, -0.25) is 10.1 Å². The summed E-state index contributed by atoms with van der Waals surface area (Å²) in [6, 6.07) is 13.6. The van der Waals surface area contributed by atoms with Crippen LogP contribution in [0.25, 0.3) is 11.3 Å². The number of hydrogen-bond acceptors (Lipinski definition) is 6. The van der Waals surface area contributed by atoms with Gasteiger partial charge in [0.05, 0.1) is 31.3 Å². The summed E-state index contributed by atoms with van der Waals surface area (Å²) in [7, 11) is 3.22. The summed E-state index contributed by atoms with van der Waals surface area (Å²) in [5.41, 5.74) is 1.27. The first-order valence-corrected chi connectivity index (χ1v) is 9.29. The van der Waals surface area contributed by atoms with Crippen molar-refractivity contribution in [2.45, 2.75) is 19.5 Å². The van der Waals surface area contributed by atoms with Gasteiger partial charge in [-0.05, 0) is 37.3 Å². The average molecular weight is 417 g/mol. The minimum Gasteiger partial charge on any atom is -0.497 e. The maximum atomic E-state index is 11.3. The maximum absolute atomic E-state index is 11.3. The number of nitro benzene ring substituents is 1. The van der Waals surface area contributed by atoms with Gasteiger partial charge in [-0.2, -0.15) is 0 Å². The Bertz CT molecular complexity index is 1020. The largest absolute Gasteiger partial charge is 0.497 e. The fourth-order valence-corrected chi connectivity index (χ4v) is 3.19. The molecule has 0 saturated carbocycles. The van der Waals surface area contributed by atoms with Gasteiger partial charge in [0.15, 0.2) is 0 Å². The van der Waals surface area contributed by atoms with Crippen LogP contribution < -0.4 is 14.8 Å². The highest BCUT2D eigenvalue weighted by molar-refractivity contribution is 6.30. The molecule has 0 amide bonds. The topological polar surface area (TPSA) is 86.8 Å². The zero-order valence-corrected chi connectivity index (χ0v) is 17.0. The minimum absolute atomic E-state index is 0.0192. The van der Waals surface area contributed by atoms with Crippen molar-refractivity contribution in [2.24, 2.45) is 0 Å². The van der Waals surface area contributed by atoms with Crippen molar-refractivity contribution in [2.75, 3.05) is 14.2 Å². The average Bonchev–Trinajstić information content (AvgIpc) is 3.20. The molecule has 3 aromatic rings. The third-order valence-corrected chi connectivity index (χ3v) is 4.81. The fraction of sp³-hybridized carbons (Fsp3) is 0.238. The first kappa shape index (κ1) is 20.7. The Hall–Kier alpha value is -3.03. The number of hydrogen-bond donors (Lipinski definition) is 1. The monoisotopic (exact) mass is 416 g/mol. The fourth-order valence-electron chi connectivity index (χ4n) is 3.02. The molecule has 0 radical (unpaired) electrons. The number of nitrogens with one attached hydrogen (secondary N) is 1. The van der Waals surface area contributed by atoms with E-state index in [2.05, 4.69) is 5.32 Å². The molecule has 1 unspecified atom stereocenters. The van der Waals surface area contributed by atoms with Crippen molar-refractivity contribution in [1.82, 2.24) is 5.32 Å². The van der Waals surface area contributed by atoms with E-state index in [0.717, 1.165) is 17.1 Å². The first-order chi connectivity index (χ1) is 13.9. The van der Waals surface area contributed by atoms with Crippen LogP contribution in [-0.2, 0) is 6.54 Å². The maximum Gasteiger partial charge on any atom is 0.281 e. The summed E-state index contributed by atoms with van der Waals surface area (Å²) in [5, 5.41) is 15.0. The number of halogens is 1. The number of furan rings is 1. The number of rotatable bonds is 8. The van der Waals surface area contributed by atoms with Gasteiger partial charge in [0, 0.05) is 28.8 Å². The summed E-state index contributed by atoms with van der Waals surface area (Å²) in [5.74, 6) is 2.52. The smallest absolute Gasteiger partial charge is 0.281 e. The van der Waals surface area contributed by atoms with Crippen molar-refractivity contribution in [3.8, 4) is 22.8 Å². The Balaban J connectivity index is 1.74. The second-order valence-electron chi connectivity index (χ2n) is 6.40. The lowest BCUT2D eigenvalue weighted by Crippen LogP contribution is -2.18. The van der Waals surface area contributed by atoms with E-state index in [-0.39, 0.29) is 11.7 Å². The van der Waals surface area contributed by atoms with Crippen LogP contribution in [0.5, 0.6) is 11.5 Å². The van der Waals surface area contributed by atoms with Gasteiger partial charge in [0.2, 0.25) is 0 Å². The van der Waals surface area contributed by atoms with Gasteiger partial charge in [-0.1, -0.05) is 17.7 Å². The Morgan fingerprint density at radius 2 is 1.93 bits per heavy atom. The number of nitrogens with zero attached hydrogens (tertiary/aromatic N) is 1. The van der Waals surface area contributed by atoms with E-state index in [0.29, 0.717) is 28.7 Å². The molecule has 0 aliphatic rings. The Morgan fingerprint density at radius 3 is 2.62 bits per heavy atom. The van der Waals surface area contributed by atoms with Crippen LogP contribution in [0.3, 0.4) is 0 Å². The van der Waals surface area contributed by atoms with Crippen molar-refractivity contribution in [3.63, 3.8) is 0 Å². The van der Waals surface area contributed by atoms with Gasteiger partial charge < -0.3 is 19.2 Å². The van der Waals surface area contributed by atoms with E-state index in [4.69, 9.17) is 25.5 Å². The van der Waals surface area contributed by atoms with E-state index in [1.807, 2.05) is 25.1 Å². The molecular formula is C21H21ClN2O5. The summed E-state index contributed by atoms with van der Waals surface area (Å²) < 4.78 is 16.5. The SMILES string of the molecule is COc1ccc(C(C)NCc2ccc(-c3ccc(Cl)cc3[N+](=O)[O-])o2)c(OC)c1. The Morgan fingerprint density at radius 1 is 1.14 bits per heavy atom. The van der Waals surface area contributed by atoms with Crippen molar-refractivity contribution in [3.05, 3.63) is 75.0 Å². The van der Waals surface area contributed by atoms with Crippen LogP contribution in [0.4, 0.5) is 5.69 Å². The normalized spacial score (nSPS) is 11.9. The molecule has 1 heterocycles. The van der Waals surface area contributed by atoms with Crippen LogP contribution in [0, 0.1) is 10.1 Å². The highest BCUT2D eigenvalue weighted by atomic mass is 35.5. The van der Waals surface area contributed by atoms with Crippen LogP contribution >= 0.6 is 11.6 Å². The number of benzene rings is 2. The molecule has 0 saturated heterocycles. The third-order valence-electron chi connectivity index (χ3n) is 4.57. The molecule has 7 nitrogen and oxygen atoms in total. The summed E-state index contributed by atoms with van der Waals surface area (Å²) in [6.07, 6.45) is 0. The predicted molar refractivity (Wildman–Crippen MR) is 111 cm³/mol. The lowest BCUT2D eigenvalue weighted by atomic mass is 10.1. The van der Waals surface area contributed by atoms with Crippen LogP contribution in [0.15, 0.2) is 52.9 Å². The lowest BCUT2D eigenvalue weighted by molar-refractivity contribution is -0.384. The standard InChI is InChI=1S/C21H21ClN2O5/c1-13(17-8-5-15(27-2)11-21(17)28-3)23-12-16-6-9-20(29-16)18-7-4-14(22)10-19(18)24(25)26/h4-11,13,23H,12H2,1-3H3. The molecular weight excluding hydrogens is 396 g/mol. The van der Waals surface area contributed by atoms with Crippen LogP contribution in [0.1, 0.15) is 24.3 Å². The highest BCUT2D eigenvalue weighted by Crippen LogP contribution is 2.34. The molecule has 0 aliphatic carbocycles. The van der Waals surface area contributed by atoms with E-state index in [1.54, 1.807) is 38.5 Å². The van der Waals surface area contributed by atoms with E-state index in [9.17, 15) is 10.1 Å². The number of ether oxygens (including phenoxy) is 2. The molecule has 152 valence electrons. The van der Waals surface area contributed by atoms with E-state index < -0.39 is 4.92 Å². The number of nitro groups is 1. The summed E-state index contributed by atoms with van der Waals surface area (Å²) in [4.78, 5) is 10.8. The quantitative estimate of drug-likeness (QED) is 0.392. The van der Waals surface area contributed by atoms with Crippen molar-refractivity contribution in [1.29, 1.82) is 0 Å². The second kappa shape index (κ2) is 8.98. The molecule has 0 aliphatic heterocycles. The number of methoxy groups -OCH3 is 2. The molecule has 1 aromatic heterocycles. The molecule has 1 atom stereocenters. The van der Waals surface area contributed by atoms with Gasteiger partial charge in [0.1, 0.15) is 23.0 Å². The lowest BCUT2D eigenvalue weighted by Gasteiger charge is -2.17. The first-order valence-electron chi connectivity index (χ1n) is 8.91. The molecule has 0 fully saturated rings. The van der Waals surface area contributed by atoms with Crippen molar-refractivity contribution >= 4 is 17.3 Å². The van der Waals surface area contributed by atoms with E-state index in [1.165, 1.54) is 6.07 Å². The van der Waals surface area contributed by atoms with Crippen LogP contribution in [-0.4, -0.2) is 19.1 Å². The third kappa shape index (κ3) is 4.70. The van der Waals surface area contributed by atoms with Gasteiger partial charge in [-0.25, -0.2) is 0 Å². The summed E-state index contributed by atoms with van der Waals surface area (Å²) >= 11 is 5.88. The van der Waals surface area contributed by atoms with Gasteiger partial charge in [-0.15, -0.1) is 0 Å². The van der Waals surface area contributed by atoms with Gasteiger partial charge in [0.25, 0.3) is 5.69 Å². The molecule has 29 heavy (non-hydrogen) atoms. The Labute approximate surface area is 173 Å². The molecule has 1 N–H and O–H groups in total. The van der Waals surface area contributed by atoms with Gasteiger partial charge >= 0.3 is 0 Å². The summed E-state index contributed by atoms with van der Waals surface area (Å²) in [6.45, 7) is 2.45. The van der Waals surface area contributed by atoms with Crippen LogP contribution in [0.2, 0.25) is 5.02 Å². The van der Waals surface area contributed by atoms with Crippen molar-refractivity contribution < 1.29 is 18.8 Å². The minimum atomic E-state index is -0.473. The predicted octanol–water partition coefficient (Wildman–Crippen LogP) is 5.38. The zero-order chi connectivity index (χ0) is 21.0. The van der Waals surface area contributed by atoms with E-state index >= 15 is 0 Å². The second-order valence-corrected chi connectivity index (χ2v) is 6.83. The molecule has 2 aromatic carbocycles. The Kier molecular flexibility index (Phi) is 6.41. The molecule has 0 spiro atoms. The zero-order valence-electron chi connectivity index (χ0n) is 16.3. The highest BCUT2D eigenvalue weighted by Gasteiger charge is 2.19. The molecule has 3 rings (SSSR count). The molecule has 0 bridgehead atoms. The molecule has 8 heteroatoms.